The van der Waals surface area contributed by atoms with Gasteiger partial charge >= 0.3 is 0 Å². The molecule has 14 atom stereocenters. The lowest BCUT2D eigenvalue weighted by Gasteiger charge is -2.52. The van der Waals surface area contributed by atoms with Crippen LogP contribution in [0.2, 0.25) is 0 Å². The van der Waals surface area contributed by atoms with Gasteiger partial charge in [0.2, 0.25) is 0 Å². The van der Waals surface area contributed by atoms with Crippen LogP contribution in [0.3, 0.4) is 0 Å². The Morgan fingerprint density at radius 2 is 1.63 bits per heavy atom. The summed E-state index contributed by atoms with van der Waals surface area (Å²) in [6.07, 6.45) is -6.20. The van der Waals surface area contributed by atoms with Crippen LogP contribution in [-0.2, 0) is 33.2 Å². The molecule has 12 nitrogen and oxygen atoms in total. The molecule has 5 aliphatic rings. The number of rotatable bonds is 6. The summed E-state index contributed by atoms with van der Waals surface area (Å²) >= 11 is 0. The fourth-order valence-electron chi connectivity index (χ4n) is 6.40. The zero-order chi connectivity index (χ0) is 27.0. The molecule has 1 spiro atoms. The first-order valence-electron chi connectivity index (χ1n) is 14.1. The summed E-state index contributed by atoms with van der Waals surface area (Å²) in [5, 5.41) is 51.9. The lowest BCUT2D eigenvalue weighted by molar-refractivity contribution is -0.399. The fraction of sp³-hybridized carbons (Fsp3) is 1.00. The Kier molecular flexibility index (Phi) is 9.30. The summed E-state index contributed by atoms with van der Waals surface area (Å²) in [5.41, 5.74) is 0. The maximum atomic E-state index is 11.0. The molecule has 6 unspecified atom stereocenters. The molecular weight excluding hydrogens is 504 g/mol. The Labute approximate surface area is 223 Å². The topological polar surface area (TPSA) is 166 Å². The van der Waals surface area contributed by atoms with Crippen LogP contribution in [0.5, 0.6) is 0 Å². The zero-order valence-electron chi connectivity index (χ0n) is 22.2. The smallest absolute Gasteiger partial charge is 0.187 e. The highest BCUT2D eigenvalue weighted by molar-refractivity contribution is 4.97. The molecule has 1 saturated carbocycles. The Morgan fingerprint density at radius 3 is 2.32 bits per heavy atom. The summed E-state index contributed by atoms with van der Waals surface area (Å²) in [6.45, 7) is 4.25. The molecule has 5 N–H and O–H groups in total. The molecule has 1 aliphatic carbocycles. The molecule has 4 heterocycles. The Bertz CT molecular complexity index is 767. The molecule has 0 bridgehead atoms. The average molecular weight is 549 g/mol. The van der Waals surface area contributed by atoms with Gasteiger partial charge in [-0.25, -0.2) is 0 Å². The minimum atomic E-state index is -1.42. The Balaban J connectivity index is 1.35. The van der Waals surface area contributed by atoms with E-state index in [0.29, 0.717) is 32.5 Å². The standard InChI is InChI=1S/C26H44O12/c1-3-14-6-4-7-15(21(14)37-24-20(31)19(30)17(28)13(2)34-24)35-25-23-22(18(29)16(12-27)36-25)38-26(9-11-33-26)8-5-10-32-23/h13-25,27-31H,3-12H2,1-2H3/t13?,14-,15-,16?,17-,18+,19?,20+,21?,22?,23?,24+,25-,26+/m1/s1. The van der Waals surface area contributed by atoms with Crippen LogP contribution in [0, 0.1) is 5.92 Å². The predicted octanol–water partition coefficient (Wildman–Crippen LogP) is -0.447. The first kappa shape index (κ1) is 29.0. The predicted molar refractivity (Wildman–Crippen MR) is 129 cm³/mol. The van der Waals surface area contributed by atoms with Gasteiger partial charge in [-0.3, -0.25) is 0 Å². The highest BCUT2D eigenvalue weighted by atomic mass is 16.8. The van der Waals surface area contributed by atoms with Crippen molar-refractivity contribution in [3.63, 3.8) is 0 Å². The van der Waals surface area contributed by atoms with Gasteiger partial charge in [-0.05, 0) is 32.1 Å². The molecule has 12 heteroatoms. The van der Waals surface area contributed by atoms with Crippen LogP contribution in [0.25, 0.3) is 0 Å². The van der Waals surface area contributed by atoms with E-state index < -0.39 is 86.0 Å². The average Bonchev–Trinajstić information content (AvgIpc) is 2.87. The van der Waals surface area contributed by atoms with Gasteiger partial charge in [-0.15, -0.1) is 0 Å². The van der Waals surface area contributed by atoms with E-state index in [1.807, 2.05) is 0 Å². The summed E-state index contributed by atoms with van der Waals surface area (Å²) in [7, 11) is 0. The second kappa shape index (κ2) is 12.2. The van der Waals surface area contributed by atoms with E-state index in [1.165, 1.54) is 0 Å². The normalized spacial score (nSPS) is 52.0. The van der Waals surface area contributed by atoms with Crippen LogP contribution < -0.4 is 0 Å². The number of aliphatic hydroxyl groups excluding tert-OH is 5. The quantitative estimate of drug-likeness (QED) is 0.291. The minimum absolute atomic E-state index is 0.0867. The lowest BCUT2D eigenvalue weighted by Crippen LogP contribution is -2.66. The van der Waals surface area contributed by atoms with Crippen molar-refractivity contribution in [3.05, 3.63) is 0 Å². The molecule has 0 aromatic rings. The number of aliphatic hydroxyl groups is 5. The maximum absolute atomic E-state index is 11.0. The monoisotopic (exact) mass is 548 g/mol. The van der Waals surface area contributed by atoms with Crippen molar-refractivity contribution in [1.29, 1.82) is 0 Å². The molecule has 0 aromatic heterocycles. The minimum Gasteiger partial charge on any atom is -0.394 e. The van der Waals surface area contributed by atoms with Crippen molar-refractivity contribution >= 4 is 0 Å². The molecule has 4 saturated heterocycles. The van der Waals surface area contributed by atoms with Gasteiger partial charge in [0.1, 0.15) is 42.7 Å². The van der Waals surface area contributed by atoms with Crippen LogP contribution in [0.4, 0.5) is 0 Å². The molecule has 5 rings (SSSR count). The van der Waals surface area contributed by atoms with Crippen LogP contribution in [-0.4, -0.2) is 125 Å². The van der Waals surface area contributed by atoms with E-state index >= 15 is 0 Å². The summed E-state index contributed by atoms with van der Waals surface area (Å²) in [5.74, 6) is -0.681. The van der Waals surface area contributed by atoms with Crippen LogP contribution >= 0.6 is 0 Å². The highest BCUT2D eigenvalue weighted by Gasteiger charge is 2.54. The number of hydrogen-bond acceptors (Lipinski definition) is 12. The highest BCUT2D eigenvalue weighted by Crippen LogP contribution is 2.41. The SMILES string of the molecule is CC[C@@H]1CCC[C@@H](O[C@@H]2OC(CO)[C@H](O)C3O[C@@]4(CCCOC32)CCO4)C1O[C@@H]1OC(C)[C@@H](O)C(O)[C@@H]1O. The summed E-state index contributed by atoms with van der Waals surface area (Å²) in [6, 6.07) is 0. The Morgan fingerprint density at radius 1 is 0.842 bits per heavy atom. The van der Waals surface area contributed by atoms with Crippen LogP contribution in [0.15, 0.2) is 0 Å². The molecule has 0 amide bonds. The van der Waals surface area contributed by atoms with E-state index in [1.54, 1.807) is 6.92 Å². The zero-order valence-corrected chi connectivity index (χ0v) is 22.2. The molecule has 220 valence electrons. The maximum Gasteiger partial charge on any atom is 0.187 e. The molecular formula is C26H44O12. The molecule has 38 heavy (non-hydrogen) atoms. The molecule has 0 aromatic carbocycles. The Hall–Kier alpha value is -0.480. The first-order valence-corrected chi connectivity index (χ1v) is 14.1. The molecule has 4 aliphatic heterocycles. The van der Waals surface area contributed by atoms with Gasteiger partial charge in [-0.1, -0.05) is 19.8 Å². The van der Waals surface area contributed by atoms with Gasteiger partial charge in [-0.2, -0.15) is 0 Å². The van der Waals surface area contributed by atoms with Gasteiger partial charge in [0.05, 0.1) is 31.5 Å². The van der Waals surface area contributed by atoms with Crippen molar-refractivity contribution in [2.24, 2.45) is 5.92 Å². The second-order valence-corrected chi connectivity index (χ2v) is 11.3. The van der Waals surface area contributed by atoms with Crippen molar-refractivity contribution in [2.45, 2.75) is 138 Å². The van der Waals surface area contributed by atoms with Crippen LogP contribution in [0.1, 0.15) is 58.8 Å². The van der Waals surface area contributed by atoms with Gasteiger partial charge in [0.15, 0.2) is 18.4 Å². The van der Waals surface area contributed by atoms with E-state index in [0.717, 1.165) is 25.7 Å². The third-order valence-electron chi connectivity index (χ3n) is 8.84. The first-order chi connectivity index (χ1) is 18.3. The van der Waals surface area contributed by atoms with E-state index in [4.69, 9.17) is 33.2 Å². The number of ether oxygens (including phenoxy) is 7. The molecule has 5 fully saturated rings. The van der Waals surface area contributed by atoms with Crippen molar-refractivity contribution in [2.75, 3.05) is 19.8 Å². The van der Waals surface area contributed by atoms with Gasteiger partial charge in [0, 0.05) is 19.4 Å². The van der Waals surface area contributed by atoms with Gasteiger partial charge < -0.3 is 58.7 Å². The van der Waals surface area contributed by atoms with Crippen molar-refractivity contribution in [3.8, 4) is 0 Å². The lowest BCUT2D eigenvalue weighted by atomic mass is 9.82. The van der Waals surface area contributed by atoms with E-state index in [9.17, 15) is 25.5 Å². The van der Waals surface area contributed by atoms with Gasteiger partial charge in [0.25, 0.3) is 0 Å². The third kappa shape index (κ3) is 5.65. The summed E-state index contributed by atoms with van der Waals surface area (Å²) < 4.78 is 42.8. The van der Waals surface area contributed by atoms with Crippen molar-refractivity contribution < 1.29 is 58.7 Å². The molecule has 0 radical (unpaired) electrons. The summed E-state index contributed by atoms with van der Waals surface area (Å²) in [4.78, 5) is 0. The second-order valence-electron chi connectivity index (χ2n) is 11.3. The largest absolute Gasteiger partial charge is 0.394 e. The van der Waals surface area contributed by atoms with E-state index in [2.05, 4.69) is 6.92 Å². The number of hydrogen-bond donors (Lipinski definition) is 5. The third-order valence-corrected chi connectivity index (χ3v) is 8.84. The van der Waals surface area contributed by atoms with E-state index in [-0.39, 0.29) is 5.92 Å². The number of fused-ring (bicyclic) bond motifs is 1. The van der Waals surface area contributed by atoms with Crippen molar-refractivity contribution in [1.82, 2.24) is 0 Å². The fourth-order valence-corrected chi connectivity index (χ4v) is 6.40.